The maximum absolute atomic E-state index is 11.4. The van der Waals surface area contributed by atoms with Crippen molar-refractivity contribution in [2.24, 2.45) is 0 Å². The fourth-order valence-corrected chi connectivity index (χ4v) is 3.78. The Morgan fingerprint density at radius 1 is 1.11 bits per heavy atom. The lowest BCUT2D eigenvalue weighted by Gasteiger charge is -2.23. The van der Waals surface area contributed by atoms with Crippen LogP contribution in [0.2, 0.25) is 0 Å². The monoisotopic (exact) mass is 359 g/mol. The van der Waals surface area contributed by atoms with Crippen molar-refractivity contribution in [1.82, 2.24) is 14.9 Å². The van der Waals surface area contributed by atoms with Crippen molar-refractivity contribution < 1.29 is 9.90 Å². The minimum absolute atomic E-state index is 0.311. The molecule has 0 bridgehead atoms. The number of aromatic carboxylic acids is 1. The molecule has 1 saturated heterocycles. The molecular formula is C22H21N3O2. The number of likely N-dealkylation sites (tertiary alicyclic amines) is 1. The minimum atomic E-state index is -0.904. The molecule has 0 amide bonds. The SMILES string of the molecule is O=C(O)c1ccccc1-c1ccc(CN2CCC[C@@H]2c2cnccn2)cc1. The summed E-state index contributed by atoms with van der Waals surface area (Å²) in [6.45, 7) is 1.90. The zero-order chi connectivity index (χ0) is 18.6. The van der Waals surface area contributed by atoms with Gasteiger partial charge in [0.25, 0.3) is 0 Å². The molecule has 136 valence electrons. The van der Waals surface area contributed by atoms with E-state index < -0.39 is 5.97 Å². The van der Waals surface area contributed by atoms with Crippen LogP contribution in [0.25, 0.3) is 11.1 Å². The van der Waals surface area contributed by atoms with E-state index in [1.54, 1.807) is 24.5 Å². The summed E-state index contributed by atoms with van der Waals surface area (Å²) in [7, 11) is 0. The Bertz CT molecular complexity index is 926. The van der Waals surface area contributed by atoms with Gasteiger partial charge in [-0.3, -0.25) is 14.9 Å². The minimum Gasteiger partial charge on any atom is -0.478 e. The van der Waals surface area contributed by atoms with E-state index in [2.05, 4.69) is 27.0 Å². The average Bonchev–Trinajstić information content (AvgIpc) is 3.17. The number of nitrogens with zero attached hydrogens (tertiary/aromatic N) is 3. The molecule has 0 saturated carbocycles. The molecule has 1 fully saturated rings. The van der Waals surface area contributed by atoms with E-state index in [-0.39, 0.29) is 0 Å². The van der Waals surface area contributed by atoms with Crippen molar-refractivity contribution in [2.75, 3.05) is 6.54 Å². The lowest BCUT2D eigenvalue weighted by atomic mass is 9.98. The third-order valence-corrected chi connectivity index (χ3v) is 5.10. The van der Waals surface area contributed by atoms with E-state index in [9.17, 15) is 9.90 Å². The molecule has 2 heterocycles. The fraction of sp³-hybridized carbons (Fsp3) is 0.227. The van der Waals surface area contributed by atoms with Gasteiger partial charge in [0.05, 0.1) is 17.3 Å². The lowest BCUT2D eigenvalue weighted by Crippen LogP contribution is -2.23. The number of carboxylic acid groups (broad SMARTS) is 1. The van der Waals surface area contributed by atoms with E-state index >= 15 is 0 Å². The topological polar surface area (TPSA) is 66.3 Å². The summed E-state index contributed by atoms with van der Waals surface area (Å²) >= 11 is 0. The van der Waals surface area contributed by atoms with Crippen LogP contribution in [-0.4, -0.2) is 32.5 Å². The summed E-state index contributed by atoms with van der Waals surface area (Å²) in [5, 5.41) is 9.39. The second kappa shape index (κ2) is 7.68. The molecule has 1 aliphatic heterocycles. The van der Waals surface area contributed by atoms with Crippen molar-refractivity contribution in [1.29, 1.82) is 0 Å². The van der Waals surface area contributed by atoms with Crippen LogP contribution >= 0.6 is 0 Å². The Labute approximate surface area is 158 Å². The van der Waals surface area contributed by atoms with Gasteiger partial charge >= 0.3 is 5.97 Å². The molecule has 0 spiro atoms. The van der Waals surface area contributed by atoms with Gasteiger partial charge in [0.1, 0.15) is 0 Å². The highest BCUT2D eigenvalue weighted by molar-refractivity contribution is 5.95. The van der Waals surface area contributed by atoms with Crippen LogP contribution in [0.15, 0.2) is 67.1 Å². The van der Waals surface area contributed by atoms with Crippen molar-refractivity contribution in [3.63, 3.8) is 0 Å². The van der Waals surface area contributed by atoms with Crippen LogP contribution in [0.5, 0.6) is 0 Å². The molecule has 3 aromatic rings. The van der Waals surface area contributed by atoms with Crippen LogP contribution in [0.1, 0.15) is 40.5 Å². The van der Waals surface area contributed by atoms with Gasteiger partial charge in [-0.15, -0.1) is 0 Å². The van der Waals surface area contributed by atoms with Crippen LogP contribution < -0.4 is 0 Å². The molecule has 0 radical (unpaired) electrons. The molecular weight excluding hydrogens is 338 g/mol. The van der Waals surface area contributed by atoms with Gasteiger partial charge in [0.15, 0.2) is 0 Å². The summed E-state index contributed by atoms with van der Waals surface area (Å²) < 4.78 is 0. The molecule has 0 aliphatic carbocycles. The second-order valence-electron chi connectivity index (χ2n) is 6.81. The van der Waals surface area contributed by atoms with Crippen molar-refractivity contribution in [2.45, 2.75) is 25.4 Å². The predicted molar refractivity (Wildman–Crippen MR) is 103 cm³/mol. The molecule has 0 unspecified atom stereocenters. The Kier molecular flexibility index (Phi) is 4.94. The molecule has 4 rings (SSSR count). The Morgan fingerprint density at radius 2 is 1.93 bits per heavy atom. The Morgan fingerprint density at radius 3 is 2.67 bits per heavy atom. The first-order valence-electron chi connectivity index (χ1n) is 9.14. The third-order valence-electron chi connectivity index (χ3n) is 5.10. The number of hydrogen-bond acceptors (Lipinski definition) is 4. The van der Waals surface area contributed by atoms with Crippen LogP contribution in [0.3, 0.4) is 0 Å². The van der Waals surface area contributed by atoms with Crippen molar-refractivity contribution >= 4 is 5.97 Å². The third kappa shape index (κ3) is 3.73. The van der Waals surface area contributed by atoms with Gasteiger partial charge in [-0.2, -0.15) is 0 Å². The maximum atomic E-state index is 11.4. The smallest absolute Gasteiger partial charge is 0.336 e. The zero-order valence-corrected chi connectivity index (χ0v) is 15.0. The lowest BCUT2D eigenvalue weighted by molar-refractivity contribution is 0.0697. The van der Waals surface area contributed by atoms with E-state index in [1.165, 1.54) is 5.56 Å². The first-order chi connectivity index (χ1) is 13.2. The summed E-state index contributed by atoms with van der Waals surface area (Å²) in [5.74, 6) is -0.904. The van der Waals surface area contributed by atoms with Gasteiger partial charge in [0, 0.05) is 25.1 Å². The van der Waals surface area contributed by atoms with Crippen LogP contribution in [-0.2, 0) is 6.54 Å². The summed E-state index contributed by atoms with van der Waals surface area (Å²) in [6.07, 6.45) is 7.57. The number of benzene rings is 2. The van der Waals surface area contributed by atoms with Gasteiger partial charge in [0.2, 0.25) is 0 Å². The van der Waals surface area contributed by atoms with Gasteiger partial charge in [-0.1, -0.05) is 42.5 Å². The van der Waals surface area contributed by atoms with E-state index in [0.29, 0.717) is 11.6 Å². The van der Waals surface area contributed by atoms with E-state index in [4.69, 9.17) is 0 Å². The van der Waals surface area contributed by atoms with Gasteiger partial charge in [-0.25, -0.2) is 4.79 Å². The predicted octanol–water partition coefficient (Wildman–Crippen LogP) is 4.18. The summed E-state index contributed by atoms with van der Waals surface area (Å²) in [5.41, 5.74) is 4.23. The largest absolute Gasteiger partial charge is 0.478 e. The average molecular weight is 359 g/mol. The van der Waals surface area contributed by atoms with Crippen LogP contribution in [0.4, 0.5) is 0 Å². The molecule has 1 N–H and O–H groups in total. The molecule has 1 aliphatic rings. The summed E-state index contributed by atoms with van der Waals surface area (Å²) in [4.78, 5) is 22.6. The maximum Gasteiger partial charge on any atom is 0.336 e. The quantitative estimate of drug-likeness (QED) is 0.740. The zero-order valence-electron chi connectivity index (χ0n) is 15.0. The first kappa shape index (κ1) is 17.4. The van der Waals surface area contributed by atoms with Crippen LogP contribution in [0, 0.1) is 0 Å². The second-order valence-corrected chi connectivity index (χ2v) is 6.81. The standard InChI is InChI=1S/C22H21N3O2/c26-22(27)19-5-2-1-4-18(19)17-9-7-16(8-10-17)15-25-13-3-6-21(25)20-14-23-11-12-24-20/h1-2,4-5,7-12,14,21H,3,6,13,15H2,(H,26,27)/t21-/m1/s1. The van der Waals surface area contributed by atoms with Gasteiger partial charge in [-0.05, 0) is 42.1 Å². The Balaban J connectivity index is 1.53. The first-order valence-corrected chi connectivity index (χ1v) is 9.14. The molecule has 2 aromatic carbocycles. The number of rotatable bonds is 5. The van der Waals surface area contributed by atoms with E-state index in [0.717, 1.165) is 42.8 Å². The summed E-state index contributed by atoms with van der Waals surface area (Å²) in [6, 6.07) is 15.6. The molecule has 5 heteroatoms. The highest BCUT2D eigenvalue weighted by Crippen LogP contribution is 2.32. The number of hydrogen-bond donors (Lipinski definition) is 1. The number of aromatic nitrogens is 2. The highest BCUT2D eigenvalue weighted by Gasteiger charge is 2.27. The van der Waals surface area contributed by atoms with E-state index in [1.807, 2.05) is 30.5 Å². The number of carbonyl (C=O) groups is 1. The highest BCUT2D eigenvalue weighted by atomic mass is 16.4. The van der Waals surface area contributed by atoms with Gasteiger partial charge < -0.3 is 5.11 Å². The van der Waals surface area contributed by atoms with Crippen molar-refractivity contribution in [3.05, 3.63) is 83.9 Å². The normalized spacial score (nSPS) is 17.1. The molecule has 27 heavy (non-hydrogen) atoms. The van der Waals surface area contributed by atoms with Crippen molar-refractivity contribution in [3.8, 4) is 11.1 Å². The Hall–Kier alpha value is -3.05. The molecule has 5 nitrogen and oxygen atoms in total. The molecule has 1 aromatic heterocycles. The molecule has 1 atom stereocenters. The fourth-order valence-electron chi connectivity index (χ4n) is 3.78. The number of carboxylic acids is 1.